The summed E-state index contributed by atoms with van der Waals surface area (Å²) in [5.41, 5.74) is 0. The van der Waals surface area contributed by atoms with Crippen molar-refractivity contribution in [3.63, 3.8) is 0 Å². The van der Waals surface area contributed by atoms with Crippen LogP contribution in [0.25, 0.3) is 0 Å². The Hall–Kier alpha value is 1.24. The van der Waals surface area contributed by atoms with E-state index in [2.05, 4.69) is 6.92 Å². The van der Waals surface area contributed by atoms with Gasteiger partial charge in [0.1, 0.15) is 0 Å². The minimum Gasteiger partial charge on any atom is -1.00 e. The molecule has 0 nitrogen and oxygen atoms in total. The largest absolute Gasteiger partial charge is 1.00 e. The van der Waals surface area contributed by atoms with E-state index >= 15 is 0 Å². The standard InChI is InChI=1S/C8H17ClS.Li.H/c1-2-3-4-5-6-7-8-10-9;;/h2-8H2,1H3;;/q;+1;-1. The maximum absolute atomic E-state index is 5.46. The van der Waals surface area contributed by atoms with Gasteiger partial charge >= 0.3 is 18.9 Å². The van der Waals surface area contributed by atoms with Crippen molar-refractivity contribution >= 4 is 21.7 Å². The van der Waals surface area contributed by atoms with E-state index in [9.17, 15) is 0 Å². The van der Waals surface area contributed by atoms with Gasteiger partial charge in [-0.2, -0.15) is 0 Å². The van der Waals surface area contributed by atoms with Crippen molar-refractivity contribution in [2.24, 2.45) is 0 Å². The molecule has 0 atom stereocenters. The summed E-state index contributed by atoms with van der Waals surface area (Å²) < 4.78 is 0. The van der Waals surface area contributed by atoms with E-state index < -0.39 is 0 Å². The molecule has 0 spiro atoms. The van der Waals surface area contributed by atoms with Crippen molar-refractivity contribution in [2.75, 3.05) is 5.75 Å². The van der Waals surface area contributed by atoms with Crippen molar-refractivity contribution in [3.05, 3.63) is 0 Å². The Labute approximate surface area is 93.0 Å². The zero-order chi connectivity index (χ0) is 7.66. The van der Waals surface area contributed by atoms with Gasteiger partial charge in [-0.15, -0.1) is 0 Å². The normalized spacial score (nSPS) is 9.27. The second-order valence-electron chi connectivity index (χ2n) is 2.58. The molecule has 0 saturated carbocycles. The van der Waals surface area contributed by atoms with Gasteiger partial charge in [0.05, 0.1) is 0 Å². The molecule has 0 bridgehead atoms. The molecule has 0 aromatic carbocycles. The summed E-state index contributed by atoms with van der Waals surface area (Å²) in [6.07, 6.45) is 8.19. The van der Waals surface area contributed by atoms with Crippen LogP contribution in [-0.2, 0) is 0 Å². The summed E-state index contributed by atoms with van der Waals surface area (Å²) in [5, 5.41) is 0. The number of hydrogen-bond acceptors (Lipinski definition) is 1. The monoisotopic (exact) mass is 188 g/mol. The average Bonchev–Trinajstić information content (AvgIpc) is 1.97. The molecule has 0 unspecified atom stereocenters. The fourth-order valence-electron chi connectivity index (χ4n) is 0.937. The molecular weight excluding hydrogens is 171 g/mol. The van der Waals surface area contributed by atoms with E-state index in [-0.39, 0.29) is 20.3 Å². The van der Waals surface area contributed by atoms with Crippen LogP contribution in [0.4, 0.5) is 0 Å². The number of halogens is 1. The van der Waals surface area contributed by atoms with Crippen molar-refractivity contribution in [1.82, 2.24) is 0 Å². The molecule has 0 heterocycles. The predicted molar refractivity (Wildman–Crippen MR) is 52.8 cm³/mol. The molecule has 0 radical (unpaired) electrons. The van der Waals surface area contributed by atoms with Crippen LogP contribution >= 0.6 is 21.7 Å². The summed E-state index contributed by atoms with van der Waals surface area (Å²) in [4.78, 5) is 0. The maximum atomic E-state index is 5.46. The van der Waals surface area contributed by atoms with Gasteiger partial charge in [0.25, 0.3) is 0 Å². The van der Waals surface area contributed by atoms with Gasteiger partial charge < -0.3 is 1.43 Å². The number of rotatable bonds is 7. The SMILES string of the molecule is CCCCCCCCSCl.[H-].[Li+]. The Morgan fingerprint density at radius 3 is 2.18 bits per heavy atom. The Morgan fingerprint density at radius 2 is 1.64 bits per heavy atom. The van der Waals surface area contributed by atoms with Gasteiger partial charge in [-0.05, 0) is 17.1 Å². The van der Waals surface area contributed by atoms with E-state index in [1.165, 1.54) is 49.5 Å². The van der Waals surface area contributed by atoms with E-state index in [0.717, 1.165) is 5.75 Å². The molecule has 0 aromatic rings. The quantitative estimate of drug-likeness (QED) is 0.430. The molecule has 0 aliphatic carbocycles. The van der Waals surface area contributed by atoms with E-state index in [1.807, 2.05) is 0 Å². The van der Waals surface area contributed by atoms with Crippen molar-refractivity contribution in [2.45, 2.75) is 45.4 Å². The third-order valence-corrected chi connectivity index (χ3v) is 2.48. The van der Waals surface area contributed by atoms with Crippen LogP contribution in [0.2, 0.25) is 0 Å². The van der Waals surface area contributed by atoms with Crippen LogP contribution in [0.3, 0.4) is 0 Å². The zero-order valence-corrected chi connectivity index (χ0v) is 9.31. The van der Waals surface area contributed by atoms with Crippen LogP contribution in [0.5, 0.6) is 0 Å². The van der Waals surface area contributed by atoms with Gasteiger partial charge in [-0.3, -0.25) is 0 Å². The Bertz CT molecular complexity index is 59.0. The first-order valence-corrected chi connectivity index (χ1v) is 5.96. The Morgan fingerprint density at radius 1 is 1.09 bits per heavy atom. The van der Waals surface area contributed by atoms with Crippen LogP contribution in [-0.4, -0.2) is 5.75 Å². The summed E-state index contributed by atoms with van der Waals surface area (Å²) in [6, 6.07) is 0. The molecule has 0 amide bonds. The topological polar surface area (TPSA) is 0 Å². The molecule has 64 valence electrons. The first kappa shape index (κ1) is 14.7. The van der Waals surface area contributed by atoms with Crippen LogP contribution in [0, 0.1) is 0 Å². The average molecular weight is 189 g/mol. The van der Waals surface area contributed by atoms with Gasteiger partial charge in [-0.1, -0.05) is 50.0 Å². The van der Waals surface area contributed by atoms with Gasteiger partial charge in [-0.25, -0.2) is 0 Å². The summed E-state index contributed by atoms with van der Waals surface area (Å²) in [6.45, 7) is 2.24. The van der Waals surface area contributed by atoms with Gasteiger partial charge in [0.2, 0.25) is 0 Å². The first-order valence-electron chi connectivity index (χ1n) is 4.15. The Kier molecular flexibility index (Phi) is 18.5. The van der Waals surface area contributed by atoms with Crippen molar-refractivity contribution in [3.8, 4) is 0 Å². The minimum atomic E-state index is 0. The fourth-order valence-corrected chi connectivity index (χ4v) is 1.58. The molecule has 0 aliphatic rings. The van der Waals surface area contributed by atoms with E-state index in [1.54, 1.807) is 0 Å². The third kappa shape index (κ3) is 14.1. The molecule has 3 heteroatoms. The van der Waals surface area contributed by atoms with Crippen LogP contribution < -0.4 is 18.9 Å². The van der Waals surface area contributed by atoms with Crippen molar-refractivity contribution < 1.29 is 20.3 Å². The molecule has 0 aliphatic heterocycles. The van der Waals surface area contributed by atoms with Crippen LogP contribution in [0.15, 0.2) is 0 Å². The molecule has 0 saturated heterocycles. The predicted octanol–water partition coefficient (Wildman–Crippen LogP) is 1.35. The van der Waals surface area contributed by atoms with Gasteiger partial charge in [0.15, 0.2) is 0 Å². The summed E-state index contributed by atoms with van der Waals surface area (Å²) >= 11 is 0. The summed E-state index contributed by atoms with van der Waals surface area (Å²) in [5.74, 6) is 1.12. The third-order valence-electron chi connectivity index (χ3n) is 1.58. The van der Waals surface area contributed by atoms with E-state index in [0.29, 0.717) is 0 Å². The number of unbranched alkanes of at least 4 members (excludes halogenated alkanes) is 5. The molecule has 0 rings (SSSR count). The van der Waals surface area contributed by atoms with E-state index in [4.69, 9.17) is 10.7 Å². The van der Waals surface area contributed by atoms with Crippen molar-refractivity contribution in [1.29, 1.82) is 0 Å². The van der Waals surface area contributed by atoms with Crippen LogP contribution in [0.1, 0.15) is 46.9 Å². The van der Waals surface area contributed by atoms with Gasteiger partial charge in [0, 0.05) is 5.75 Å². The molecular formula is C8H18ClLiS. The summed E-state index contributed by atoms with van der Waals surface area (Å²) in [7, 11) is 6.90. The molecule has 0 N–H and O–H groups in total. The smallest absolute Gasteiger partial charge is 1.00 e. The second kappa shape index (κ2) is 13.8. The zero-order valence-electron chi connectivity index (χ0n) is 8.74. The number of hydrogen-bond donors (Lipinski definition) is 0. The maximum Gasteiger partial charge on any atom is 1.00 e. The fraction of sp³-hybridized carbons (Fsp3) is 1.00. The molecule has 0 fully saturated rings. The minimum absolute atomic E-state index is 0. The first-order chi connectivity index (χ1) is 4.91. The molecule has 0 aromatic heterocycles. The molecule has 11 heavy (non-hydrogen) atoms. The Balaban J connectivity index is -0.000000405. The second-order valence-corrected chi connectivity index (χ2v) is 3.86.